The van der Waals surface area contributed by atoms with E-state index < -0.39 is 23.0 Å². The first-order valence-electron chi connectivity index (χ1n) is 4.71. The average molecular weight is 214 g/mol. The van der Waals surface area contributed by atoms with E-state index >= 15 is 0 Å². The number of hydrogen-bond acceptors (Lipinski definition) is 2. The number of benzene rings is 1. The standard InChI is InChI=1S/C11H12F2O2/c1-2-6-15-7-10(14)11-8(12)4-3-5-9(11)13/h3-5H,2,6-7H2,1H3. The van der Waals surface area contributed by atoms with Crippen molar-refractivity contribution in [1.82, 2.24) is 0 Å². The first-order chi connectivity index (χ1) is 7.16. The van der Waals surface area contributed by atoms with Gasteiger partial charge in [0, 0.05) is 6.61 Å². The summed E-state index contributed by atoms with van der Waals surface area (Å²) in [4.78, 5) is 11.4. The third kappa shape index (κ3) is 3.09. The van der Waals surface area contributed by atoms with Crippen molar-refractivity contribution in [2.75, 3.05) is 13.2 Å². The number of halogens is 2. The van der Waals surface area contributed by atoms with E-state index in [1.165, 1.54) is 6.07 Å². The van der Waals surface area contributed by atoms with Crippen LogP contribution in [0.15, 0.2) is 18.2 Å². The van der Waals surface area contributed by atoms with Gasteiger partial charge in [-0.3, -0.25) is 4.79 Å². The summed E-state index contributed by atoms with van der Waals surface area (Å²) in [5.41, 5.74) is -0.520. The van der Waals surface area contributed by atoms with Crippen molar-refractivity contribution in [2.45, 2.75) is 13.3 Å². The van der Waals surface area contributed by atoms with Crippen LogP contribution >= 0.6 is 0 Å². The quantitative estimate of drug-likeness (QED) is 0.556. The normalized spacial score (nSPS) is 10.3. The summed E-state index contributed by atoms with van der Waals surface area (Å²) >= 11 is 0. The minimum absolute atomic E-state index is 0.286. The molecule has 0 heterocycles. The lowest BCUT2D eigenvalue weighted by molar-refractivity contribution is 0.0753. The molecule has 0 bridgehead atoms. The summed E-state index contributed by atoms with van der Waals surface area (Å²) in [5.74, 6) is -2.36. The Morgan fingerprint density at radius 1 is 1.33 bits per heavy atom. The van der Waals surface area contributed by atoms with Crippen LogP contribution < -0.4 is 0 Å². The molecule has 15 heavy (non-hydrogen) atoms. The van der Waals surface area contributed by atoms with Crippen molar-refractivity contribution in [3.05, 3.63) is 35.4 Å². The maximum absolute atomic E-state index is 13.1. The third-order valence-electron chi connectivity index (χ3n) is 1.82. The van der Waals surface area contributed by atoms with Crippen LogP contribution in [0.25, 0.3) is 0 Å². The van der Waals surface area contributed by atoms with Gasteiger partial charge >= 0.3 is 0 Å². The van der Waals surface area contributed by atoms with Crippen molar-refractivity contribution in [1.29, 1.82) is 0 Å². The molecule has 1 aromatic carbocycles. The van der Waals surface area contributed by atoms with E-state index in [1.54, 1.807) is 0 Å². The maximum Gasteiger partial charge on any atom is 0.194 e. The van der Waals surface area contributed by atoms with Crippen molar-refractivity contribution >= 4 is 5.78 Å². The summed E-state index contributed by atoms with van der Waals surface area (Å²) in [6.45, 7) is 2.00. The Hall–Kier alpha value is -1.29. The number of ketones is 1. The van der Waals surface area contributed by atoms with Gasteiger partial charge < -0.3 is 4.74 Å². The van der Waals surface area contributed by atoms with Crippen molar-refractivity contribution in [3.63, 3.8) is 0 Å². The fourth-order valence-electron chi connectivity index (χ4n) is 1.15. The topological polar surface area (TPSA) is 26.3 Å². The van der Waals surface area contributed by atoms with Crippen molar-refractivity contribution in [2.24, 2.45) is 0 Å². The lowest BCUT2D eigenvalue weighted by Crippen LogP contribution is -2.13. The fourth-order valence-corrected chi connectivity index (χ4v) is 1.15. The minimum atomic E-state index is -0.847. The molecule has 2 nitrogen and oxygen atoms in total. The van der Waals surface area contributed by atoms with Gasteiger partial charge in [-0.1, -0.05) is 13.0 Å². The zero-order valence-electron chi connectivity index (χ0n) is 8.43. The van der Waals surface area contributed by atoms with Crippen LogP contribution in [0.5, 0.6) is 0 Å². The molecule has 0 atom stereocenters. The Morgan fingerprint density at radius 3 is 2.47 bits per heavy atom. The Balaban J connectivity index is 2.73. The van der Waals surface area contributed by atoms with Gasteiger partial charge in [-0.2, -0.15) is 0 Å². The van der Waals surface area contributed by atoms with E-state index in [4.69, 9.17) is 4.74 Å². The highest BCUT2D eigenvalue weighted by Crippen LogP contribution is 2.12. The molecule has 1 rings (SSSR count). The Labute approximate surface area is 86.9 Å². The Kier molecular flexibility index (Phi) is 4.37. The second-order valence-corrected chi connectivity index (χ2v) is 3.07. The zero-order chi connectivity index (χ0) is 11.3. The van der Waals surface area contributed by atoms with E-state index in [1.807, 2.05) is 6.92 Å². The predicted molar refractivity (Wildman–Crippen MR) is 51.8 cm³/mol. The number of rotatable bonds is 5. The molecule has 0 spiro atoms. The van der Waals surface area contributed by atoms with Gasteiger partial charge in [0.15, 0.2) is 5.78 Å². The Bertz CT molecular complexity index is 330. The van der Waals surface area contributed by atoms with Gasteiger partial charge in [0.05, 0.1) is 5.56 Å². The number of hydrogen-bond donors (Lipinski definition) is 0. The first-order valence-corrected chi connectivity index (χ1v) is 4.71. The second kappa shape index (κ2) is 5.56. The molecule has 0 aliphatic carbocycles. The van der Waals surface area contributed by atoms with Gasteiger partial charge in [0.25, 0.3) is 0 Å². The largest absolute Gasteiger partial charge is 0.373 e. The van der Waals surface area contributed by atoms with Crippen LogP contribution in [-0.4, -0.2) is 19.0 Å². The number of carbonyl (C=O) groups excluding carboxylic acids is 1. The molecule has 0 aromatic heterocycles. The highest BCUT2D eigenvalue weighted by molar-refractivity contribution is 5.97. The lowest BCUT2D eigenvalue weighted by atomic mass is 10.1. The van der Waals surface area contributed by atoms with Crippen molar-refractivity contribution in [3.8, 4) is 0 Å². The van der Waals surface area contributed by atoms with Crippen LogP contribution in [-0.2, 0) is 4.74 Å². The molecule has 0 aliphatic rings. The SMILES string of the molecule is CCCOCC(=O)c1c(F)cccc1F. The van der Waals surface area contributed by atoms with Gasteiger partial charge in [0.1, 0.15) is 18.2 Å². The van der Waals surface area contributed by atoms with Crippen molar-refractivity contribution < 1.29 is 18.3 Å². The highest BCUT2D eigenvalue weighted by Gasteiger charge is 2.16. The average Bonchev–Trinajstić information content (AvgIpc) is 2.18. The molecular weight excluding hydrogens is 202 g/mol. The van der Waals surface area contributed by atoms with E-state index in [-0.39, 0.29) is 6.61 Å². The monoisotopic (exact) mass is 214 g/mol. The predicted octanol–water partition coefficient (Wildman–Crippen LogP) is 2.57. The minimum Gasteiger partial charge on any atom is -0.373 e. The van der Waals surface area contributed by atoms with E-state index in [0.717, 1.165) is 18.6 Å². The van der Waals surface area contributed by atoms with Crippen LogP contribution in [0.3, 0.4) is 0 Å². The van der Waals surface area contributed by atoms with Gasteiger partial charge in [-0.05, 0) is 18.6 Å². The van der Waals surface area contributed by atoms with Gasteiger partial charge in [-0.25, -0.2) is 8.78 Å². The summed E-state index contributed by atoms with van der Waals surface area (Å²) in [5, 5.41) is 0. The second-order valence-electron chi connectivity index (χ2n) is 3.07. The lowest BCUT2D eigenvalue weighted by Gasteiger charge is -2.04. The molecule has 1 aromatic rings. The molecule has 0 unspecified atom stereocenters. The summed E-state index contributed by atoms with van der Waals surface area (Å²) < 4.78 is 31.1. The molecule has 0 radical (unpaired) electrons. The number of Topliss-reactive ketones (excluding diaryl/α,β-unsaturated/α-hetero) is 1. The molecular formula is C11H12F2O2. The summed E-state index contributed by atoms with van der Waals surface area (Å²) in [6, 6.07) is 3.32. The fraction of sp³-hybridized carbons (Fsp3) is 0.364. The molecule has 0 aliphatic heterocycles. The van der Waals surface area contributed by atoms with E-state index in [9.17, 15) is 13.6 Å². The van der Waals surface area contributed by atoms with Crippen LogP contribution in [0, 0.1) is 11.6 Å². The van der Waals surface area contributed by atoms with E-state index in [0.29, 0.717) is 6.61 Å². The molecule has 0 fully saturated rings. The summed E-state index contributed by atoms with van der Waals surface area (Å²) in [7, 11) is 0. The molecule has 82 valence electrons. The first kappa shape index (κ1) is 11.8. The van der Waals surface area contributed by atoms with E-state index in [2.05, 4.69) is 0 Å². The number of ether oxygens (including phenoxy) is 1. The van der Waals surface area contributed by atoms with Gasteiger partial charge in [-0.15, -0.1) is 0 Å². The maximum atomic E-state index is 13.1. The molecule has 0 N–H and O–H groups in total. The van der Waals surface area contributed by atoms with Crippen LogP contribution in [0.1, 0.15) is 23.7 Å². The highest BCUT2D eigenvalue weighted by atomic mass is 19.1. The molecule has 0 amide bonds. The third-order valence-corrected chi connectivity index (χ3v) is 1.82. The Morgan fingerprint density at radius 2 is 1.93 bits per heavy atom. The number of carbonyl (C=O) groups is 1. The van der Waals surface area contributed by atoms with Crippen LogP contribution in [0.4, 0.5) is 8.78 Å². The zero-order valence-corrected chi connectivity index (χ0v) is 8.43. The summed E-state index contributed by atoms with van der Waals surface area (Å²) in [6.07, 6.45) is 0.757. The smallest absolute Gasteiger partial charge is 0.194 e. The molecule has 0 saturated heterocycles. The molecule has 4 heteroatoms. The molecule has 0 saturated carbocycles. The van der Waals surface area contributed by atoms with Gasteiger partial charge in [0.2, 0.25) is 0 Å². The van der Waals surface area contributed by atoms with Crippen LogP contribution in [0.2, 0.25) is 0 Å².